The Hall–Kier alpha value is -2.22. The molecule has 176 valence electrons. The summed E-state index contributed by atoms with van der Waals surface area (Å²) in [5.74, 6) is 0. The molecule has 0 atom stereocenters. The number of hydrogen-bond donors (Lipinski definition) is 0. The van der Waals surface area contributed by atoms with E-state index in [-0.39, 0.29) is 10.8 Å². The summed E-state index contributed by atoms with van der Waals surface area (Å²) in [7, 11) is 1.88. The van der Waals surface area contributed by atoms with Crippen LogP contribution >= 0.6 is 0 Å². The summed E-state index contributed by atoms with van der Waals surface area (Å²) in [4.78, 5) is 9.62. The number of allylic oxidation sites excluding steroid dienone is 12. The van der Waals surface area contributed by atoms with Crippen molar-refractivity contribution in [3.8, 4) is 0 Å². The summed E-state index contributed by atoms with van der Waals surface area (Å²) < 4.78 is 0. The van der Waals surface area contributed by atoms with Crippen LogP contribution in [-0.4, -0.2) is 25.0 Å². The van der Waals surface area contributed by atoms with E-state index in [2.05, 4.69) is 113 Å². The summed E-state index contributed by atoms with van der Waals surface area (Å²) in [5, 5.41) is 0. The first-order valence-electron chi connectivity index (χ1n) is 11.8. The molecule has 1 rings (SSSR count). The van der Waals surface area contributed by atoms with Crippen LogP contribution in [0.3, 0.4) is 0 Å². The summed E-state index contributed by atoms with van der Waals surface area (Å²) in [6.07, 6.45) is 11.2. The minimum atomic E-state index is 0.164. The van der Waals surface area contributed by atoms with Gasteiger partial charge >= 0.3 is 0 Å². The molecular formula is C30H46N2. The molecule has 0 aliphatic heterocycles. The topological polar surface area (TPSA) is 24.7 Å². The van der Waals surface area contributed by atoms with E-state index in [0.717, 1.165) is 18.0 Å². The summed E-state index contributed by atoms with van der Waals surface area (Å²) in [5.41, 5.74) is 11.1. The highest BCUT2D eigenvalue weighted by atomic mass is 14.8. The van der Waals surface area contributed by atoms with E-state index in [4.69, 9.17) is 9.98 Å². The molecule has 0 saturated heterocycles. The fraction of sp³-hybridized carbons (Fsp3) is 0.533. The Bertz CT molecular complexity index is 953. The molecule has 2 nitrogen and oxygen atoms in total. The number of rotatable bonds is 5. The lowest BCUT2D eigenvalue weighted by molar-refractivity contribution is 0.504. The Morgan fingerprint density at radius 2 is 1.25 bits per heavy atom. The fourth-order valence-electron chi connectivity index (χ4n) is 3.30. The van der Waals surface area contributed by atoms with E-state index in [1.807, 2.05) is 7.05 Å². The molecule has 0 saturated carbocycles. The molecule has 0 aromatic rings. The first kappa shape index (κ1) is 27.8. The summed E-state index contributed by atoms with van der Waals surface area (Å²) >= 11 is 0. The zero-order valence-electron chi connectivity index (χ0n) is 23.0. The van der Waals surface area contributed by atoms with Gasteiger partial charge in [0.1, 0.15) is 0 Å². The molecule has 0 unspecified atom stereocenters. The largest absolute Gasteiger partial charge is 0.286 e. The Kier molecular flexibility index (Phi) is 9.63. The van der Waals surface area contributed by atoms with Crippen LogP contribution in [0.5, 0.6) is 0 Å². The first-order valence-corrected chi connectivity index (χ1v) is 11.8. The molecule has 0 radical (unpaired) electrons. The van der Waals surface area contributed by atoms with Crippen LogP contribution in [0.2, 0.25) is 0 Å². The van der Waals surface area contributed by atoms with Crippen molar-refractivity contribution in [1.82, 2.24) is 0 Å². The van der Waals surface area contributed by atoms with Gasteiger partial charge in [-0.2, -0.15) is 0 Å². The summed E-state index contributed by atoms with van der Waals surface area (Å²) in [6.45, 7) is 27.2. The van der Waals surface area contributed by atoms with Crippen LogP contribution in [0.25, 0.3) is 0 Å². The lowest BCUT2D eigenvalue weighted by Gasteiger charge is -2.24. The van der Waals surface area contributed by atoms with Gasteiger partial charge in [-0.1, -0.05) is 77.0 Å². The molecule has 0 bridgehead atoms. The maximum absolute atomic E-state index is 4.90. The number of aliphatic imine (C=N–C) groups is 2. The van der Waals surface area contributed by atoms with Crippen LogP contribution < -0.4 is 0 Å². The van der Waals surface area contributed by atoms with Gasteiger partial charge in [0.15, 0.2) is 0 Å². The van der Waals surface area contributed by atoms with Crippen molar-refractivity contribution in [2.45, 2.75) is 83.1 Å². The SMILES string of the molecule is CCN=C1C(/C(C)=C/C=C(\C)C(C)(C)C)=CC(C)=C(/C(C)=C/C=C(\C)C(C)(C)C)C1=NC. The van der Waals surface area contributed by atoms with Crippen molar-refractivity contribution < 1.29 is 0 Å². The maximum atomic E-state index is 4.90. The molecule has 1 aliphatic rings. The van der Waals surface area contributed by atoms with Crippen molar-refractivity contribution in [1.29, 1.82) is 0 Å². The van der Waals surface area contributed by atoms with Gasteiger partial charge < -0.3 is 0 Å². The van der Waals surface area contributed by atoms with Gasteiger partial charge in [-0.05, 0) is 75.2 Å². The Morgan fingerprint density at radius 1 is 0.781 bits per heavy atom. The second-order valence-corrected chi connectivity index (χ2v) is 10.9. The minimum Gasteiger partial charge on any atom is -0.286 e. The van der Waals surface area contributed by atoms with Gasteiger partial charge in [0.25, 0.3) is 0 Å². The standard InChI is InChI=1S/C30H46N2/c1-14-32-27-25(20(2)15-17-23(5)29(7,8)9)19-22(4)26(28(27)31-13)21(3)16-18-24(6)30(10,11)12/h15-19H,14H2,1-13H3/b20-15+,21-16+,23-17+,24-18+,31-28?,32-27?. The van der Waals surface area contributed by atoms with E-state index >= 15 is 0 Å². The van der Waals surface area contributed by atoms with E-state index < -0.39 is 0 Å². The van der Waals surface area contributed by atoms with E-state index in [0.29, 0.717) is 0 Å². The molecule has 2 heteroatoms. The molecular weight excluding hydrogens is 388 g/mol. The van der Waals surface area contributed by atoms with Crippen molar-refractivity contribution >= 4 is 11.4 Å². The monoisotopic (exact) mass is 434 g/mol. The average Bonchev–Trinajstić information content (AvgIpc) is 2.68. The maximum Gasteiger partial charge on any atom is 0.0907 e. The molecule has 0 fully saturated rings. The predicted molar refractivity (Wildman–Crippen MR) is 146 cm³/mol. The van der Waals surface area contributed by atoms with Crippen molar-refractivity contribution in [3.05, 3.63) is 69.4 Å². The third-order valence-electron chi connectivity index (χ3n) is 6.36. The molecule has 0 amide bonds. The van der Waals surface area contributed by atoms with Crippen molar-refractivity contribution in [2.75, 3.05) is 13.6 Å². The van der Waals surface area contributed by atoms with Crippen LogP contribution in [0.1, 0.15) is 83.1 Å². The third-order valence-corrected chi connectivity index (χ3v) is 6.36. The molecule has 1 aliphatic carbocycles. The average molecular weight is 435 g/mol. The molecule has 0 N–H and O–H groups in total. The molecule has 0 aromatic carbocycles. The van der Waals surface area contributed by atoms with E-state index in [9.17, 15) is 0 Å². The predicted octanol–water partition coefficient (Wildman–Crippen LogP) is 8.65. The van der Waals surface area contributed by atoms with Gasteiger partial charge in [-0.15, -0.1) is 0 Å². The van der Waals surface area contributed by atoms with E-state index in [1.54, 1.807) is 0 Å². The van der Waals surface area contributed by atoms with Gasteiger partial charge in [0.05, 0.1) is 11.4 Å². The second kappa shape index (κ2) is 11.1. The lowest BCUT2D eigenvalue weighted by Crippen LogP contribution is -2.25. The first-order chi connectivity index (χ1) is 14.6. The zero-order chi connectivity index (χ0) is 24.9. The van der Waals surface area contributed by atoms with Gasteiger partial charge in [0.2, 0.25) is 0 Å². The highest BCUT2D eigenvalue weighted by Gasteiger charge is 2.25. The molecule has 0 heterocycles. The van der Waals surface area contributed by atoms with Crippen LogP contribution in [-0.2, 0) is 0 Å². The summed E-state index contributed by atoms with van der Waals surface area (Å²) in [6, 6.07) is 0. The number of hydrogen-bond acceptors (Lipinski definition) is 2. The zero-order valence-corrected chi connectivity index (χ0v) is 23.0. The van der Waals surface area contributed by atoms with Gasteiger partial charge in [-0.25, -0.2) is 0 Å². The Morgan fingerprint density at radius 3 is 1.66 bits per heavy atom. The second-order valence-electron chi connectivity index (χ2n) is 10.9. The smallest absolute Gasteiger partial charge is 0.0907 e. The highest BCUT2D eigenvalue weighted by Crippen LogP contribution is 2.31. The van der Waals surface area contributed by atoms with Crippen LogP contribution in [0.4, 0.5) is 0 Å². The van der Waals surface area contributed by atoms with Gasteiger partial charge in [-0.3, -0.25) is 9.98 Å². The van der Waals surface area contributed by atoms with Crippen LogP contribution in [0.15, 0.2) is 79.4 Å². The molecule has 32 heavy (non-hydrogen) atoms. The molecule has 0 aromatic heterocycles. The molecule has 0 spiro atoms. The Balaban J connectivity index is 3.65. The van der Waals surface area contributed by atoms with Crippen molar-refractivity contribution in [3.63, 3.8) is 0 Å². The third kappa shape index (κ3) is 7.15. The quantitative estimate of drug-likeness (QED) is 0.305. The van der Waals surface area contributed by atoms with Crippen LogP contribution in [0, 0.1) is 10.8 Å². The number of nitrogens with zero attached hydrogens (tertiary/aromatic N) is 2. The Labute approximate surface area is 198 Å². The van der Waals surface area contributed by atoms with E-state index in [1.165, 1.54) is 39.0 Å². The normalized spacial score (nSPS) is 20.5. The lowest BCUT2D eigenvalue weighted by atomic mass is 9.82. The van der Waals surface area contributed by atoms with Gasteiger partial charge in [0, 0.05) is 24.7 Å². The minimum absolute atomic E-state index is 0.164. The van der Waals surface area contributed by atoms with Crippen molar-refractivity contribution in [2.24, 2.45) is 20.8 Å². The highest BCUT2D eigenvalue weighted by molar-refractivity contribution is 6.56. The fourth-order valence-corrected chi connectivity index (χ4v) is 3.30.